The second kappa shape index (κ2) is 6.69. The first-order valence-electron chi connectivity index (χ1n) is 7.45. The average molecular weight is 333 g/mol. The molecule has 3 N–H and O–H groups in total. The summed E-state index contributed by atoms with van der Waals surface area (Å²) < 4.78 is 0. The van der Waals surface area contributed by atoms with Crippen molar-refractivity contribution in [3.63, 3.8) is 0 Å². The van der Waals surface area contributed by atoms with Gasteiger partial charge < -0.3 is 15.3 Å². The Morgan fingerprint density at radius 3 is 2.33 bits per heavy atom. The van der Waals surface area contributed by atoms with E-state index in [2.05, 4.69) is 10.6 Å². The highest BCUT2D eigenvalue weighted by atomic mass is 16.4. The van der Waals surface area contributed by atoms with Crippen molar-refractivity contribution in [1.82, 2.24) is 15.5 Å². The number of hydrogen-bond donors (Lipinski definition) is 3. The molecule has 1 saturated heterocycles. The highest BCUT2D eigenvalue weighted by molar-refractivity contribution is 6.07. The number of benzene rings is 1. The lowest BCUT2D eigenvalue weighted by molar-refractivity contribution is -0.137. The van der Waals surface area contributed by atoms with Crippen LogP contribution in [0.15, 0.2) is 24.3 Å². The van der Waals surface area contributed by atoms with Gasteiger partial charge in [0.15, 0.2) is 0 Å². The zero-order valence-electron chi connectivity index (χ0n) is 13.5. The van der Waals surface area contributed by atoms with E-state index in [0.29, 0.717) is 24.1 Å². The van der Waals surface area contributed by atoms with Crippen LogP contribution in [0.2, 0.25) is 0 Å². The first-order chi connectivity index (χ1) is 11.2. The number of rotatable bonds is 6. The fraction of sp³-hybridized carbons (Fsp3) is 0.375. The molecule has 1 fully saturated rings. The van der Waals surface area contributed by atoms with Crippen molar-refractivity contribution in [2.45, 2.75) is 25.3 Å². The topological polar surface area (TPSA) is 116 Å². The Bertz CT molecular complexity index is 685. The third-order valence-corrected chi connectivity index (χ3v) is 3.98. The monoisotopic (exact) mass is 333 g/mol. The van der Waals surface area contributed by atoms with Gasteiger partial charge in [-0.1, -0.05) is 12.1 Å². The molecule has 8 nitrogen and oxygen atoms in total. The summed E-state index contributed by atoms with van der Waals surface area (Å²) in [6.07, 6.45) is 0.379. The number of nitrogens with zero attached hydrogens (tertiary/aromatic N) is 1. The van der Waals surface area contributed by atoms with Crippen molar-refractivity contribution in [1.29, 1.82) is 0 Å². The lowest BCUT2D eigenvalue weighted by Gasteiger charge is -2.22. The number of urea groups is 1. The van der Waals surface area contributed by atoms with E-state index >= 15 is 0 Å². The molecule has 1 aromatic carbocycles. The molecule has 0 aromatic heterocycles. The Morgan fingerprint density at radius 2 is 1.83 bits per heavy atom. The fourth-order valence-corrected chi connectivity index (χ4v) is 2.48. The number of carbonyl (C=O) groups excluding carboxylic acids is 3. The minimum atomic E-state index is -1.16. The van der Waals surface area contributed by atoms with Crippen molar-refractivity contribution in [2.75, 3.05) is 13.6 Å². The van der Waals surface area contributed by atoms with Crippen molar-refractivity contribution >= 4 is 23.8 Å². The number of carbonyl (C=O) groups is 4. The molecule has 8 heteroatoms. The largest absolute Gasteiger partial charge is 0.481 e. The second-order valence-electron chi connectivity index (χ2n) is 5.83. The predicted molar refractivity (Wildman–Crippen MR) is 84.3 cm³/mol. The number of carboxylic acid groups (broad SMARTS) is 1. The molecule has 1 aliphatic heterocycles. The summed E-state index contributed by atoms with van der Waals surface area (Å²) in [6, 6.07) is 5.83. The Balaban J connectivity index is 2.06. The van der Waals surface area contributed by atoms with Crippen LogP contribution in [0.25, 0.3) is 0 Å². The molecule has 0 bridgehead atoms. The van der Waals surface area contributed by atoms with Gasteiger partial charge in [-0.05, 0) is 31.0 Å². The van der Waals surface area contributed by atoms with Crippen LogP contribution in [0.5, 0.6) is 0 Å². The van der Waals surface area contributed by atoms with E-state index in [1.807, 2.05) is 0 Å². The van der Waals surface area contributed by atoms with E-state index in [1.54, 1.807) is 38.2 Å². The summed E-state index contributed by atoms with van der Waals surface area (Å²) in [5, 5.41) is 13.4. The Labute approximate surface area is 138 Å². The van der Waals surface area contributed by atoms with Gasteiger partial charge in [-0.2, -0.15) is 0 Å². The van der Waals surface area contributed by atoms with Crippen LogP contribution in [0, 0.1) is 0 Å². The maximum atomic E-state index is 12.3. The molecule has 4 amide bonds. The van der Waals surface area contributed by atoms with Crippen molar-refractivity contribution in [3.8, 4) is 0 Å². The molecule has 1 atom stereocenters. The third kappa shape index (κ3) is 3.53. The molecule has 0 spiro atoms. The normalized spacial score (nSPS) is 19.6. The maximum Gasteiger partial charge on any atom is 0.322 e. The third-order valence-electron chi connectivity index (χ3n) is 3.98. The number of amides is 4. The van der Waals surface area contributed by atoms with Gasteiger partial charge in [0.1, 0.15) is 5.54 Å². The van der Waals surface area contributed by atoms with Crippen LogP contribution < -0.4 is 10.6 Å². The summed E-state index contributed by atoms with van der Waals surface area (Å²) in [5.74, 6) is -1.58. The standard InChI is InChI=1S/C16H19N3O5/c1-16(14(23)17-15(24)18-16)11-7-5-10(6-8-11)13(22)19(2)9-3-4-12(20)21/h5-8H,3-4,9H2,1-2H3,(H,20,21)(H2,17,18,23,24). The van der Waals surface area contributed by atoms with Crippen molar-refractivity contribution in [2.24, 2.45) is 0 Å². The number of carboxylic acids is 1. The van der Waals surface area contributed by atoms with Crippen LogP contribution in [-0.2, 0) is 15.1 Å². The fourth-order valence-electron chi connectivity index (χ4n) is 2.48. The smallest absolute Gasteiger partial charge is 0.322 e. The summed E-state index contributed by atoms with van der Waals surface area (Å²) in [5.41, 5.74) is -0.174. The number of imide groups is 1. The van der Waals surface area contributed by atoms with E-state index in [4.69, 9.17) is 5.11 Å². The molecular weight excluding hydrogens is 314 g/mol. The Morgan fingerprint density at radius 1 is 1.21 bits per heavy atom. The first kappa shape index (κ1) is 17.5. The molecule has 0 saturated carbocycles. The van der Waals surface area contributed by atoms with Crippen LogP contribution in [0.3, 0.4) is 0 Å². The van der Waals surface area contributed by atoms with Gasteiger partial charge in [0.05, 0.1) is 0 Å². The molecule has 1 heterocycles. The lowest BCUT2D eigenvalue weighted by Crippen LogP contribution is -2.40. The molecule has 2 rings (SSSR count). The summed E-state index contributed by atoms with van der Waals surface area (Å²) in [6.45, 7) is 1.92. The van der Waals surface area contributed by atoms with Gasteiger partial charge in [0, 0.05) is 25.6 Å². The first-order valence-corrected chi connectivity index (χ1v) is 7.45. The van der Waals surface area contributed by atoms with Crippen LogP contribution >= 0.6 is 0 Å². The highest BCUT2D eigenvalue weighted by Crippen LogP contribution is 2.24. The van der Waals surface area contributed by atoms with Gasteiger partial charge in [-0.25, -0.2) is 4.79 Å². The SMILES string of the molecule is CN(CCCC(=O)O)C(=O)c1ccc(C2(C)NC(=O)NC2=O)cc1. The van der Waals surface area contributed by atoms with Crippen molar-refractivity contribution in [3.05, 3.63) is 35.4 Å². The van der Waals surface area contributed by atoms with Crippen LogP contribution in [0.4, 0.5) is 4.79 Å². The molecule has 24 heavy (non-hydrogen) atoms. The molecular formula is C16H19N3O5. The zero-order valence-corrected chi connectivity index (χ0v) is 13.5. The average Bonchev–Trinajstić information content (AvgIpc) is 2.79. The number of nitrogens with one attached hydrogen (secondary N) is 2. The molecule has 0 radical (unpaired) electrons. The van der Waals surface area contributed by atoms with Gasteiger partial charge in [-0.15, -0.1) is 0 Å². The van der Waals surface area contributed by atoms with Gasteiger partial charge in [0.25, 0.3) is 11.8 Å². The summed E-state index contributed by atoms with van der Waals surface area (Å²) >= 11 is 0. The Hall–Kier alpha value is -2.90. The summed E-state index contributed by atoms with van der Waals surface area (Å²) in [4.78, 5) is 47.4. The molecule has 1 unspecified atom stereocenters. The van der Waals surface area contributed by atoms with E-state index in [-0.39, 0.29) is 12.3 Å². The highest BCUT2D eigenvalue weighted by Gasteiger charge is 2.43. The molecule has 1 aliphatic rings. The van der Waals surface area contributed by atoms with Gasteiger partial charge in [0.2, 0.25) is 0 Å². The van der Waals surface area contributed by atoms with E-state index in [9.17, 15) is 19.2 Å². The lowest BCUT2D eigenvalue weighted by atomic mass is 9.91. The van der Waals surface area contributed by atoms with Crippen LogP contribution in [-0.4, -0.2) is 47.4 Å². The van der Waals surface area contributed by atoms with Gasteiger partial charge >= 0.3 is 12.0 Å². The van der Waals surface area contributed by atoms with Gasteiger partial charge in [-0.3, -0.25) is 19.7 Å². The minimum absolute atomic E-state index is 0.00369. The van der Waals surface area contributed by atoms with Crippen molar-refractivity contribution < 1.29 is 24.3 Å². The molecule has 0 aliphatic carbocycles. The van der Waals surface area contributed by atoms with E-state index in [1.165, 1.54) is 4.90 Å². The van der Waals surface area contributed by atoms with E-state index < -0.39 is 23.4 Å². The maximum absolute atomic E-state index is 12.3. The Kier molecular flexibility index (Phi) is 4.87. The summed E-state index contributed by atoms with van der Waals surface area (Å²) in [7, 11) is 1.60. The van der Waals surface area contributed by atoms with Crippen LogP contribution in [0.1, 0.15) is 35.7 Å². The molecule has 128 valence electrons. The predicted octanol–water partition coefficient (Wildman–Crippen LogP) is 0.678. The number of aliphatic carboxylic acids is 1. The molecule has 1 aromatic rings. The number of hydrogen-bond acceptors (Lipinski definition) is 4. The zero-order chi connectivity index (χ0) is 17.9. The quantitative estimate of drug-likeness (QED) is 0.662. The second-order valence-corrected chi connectivity index (χ2v) is 5.83. The minimum Gasteiger partial charge on any atom is -0.481 e. The van der Waals surface area contributed by atoms with E-state index in [0.717, 1.165) is 0 Å².